The first-order valence-electron chi connectivity index (χ1n) is 8.39. The van der Waals surface area contributed by atoms with Crippen LogP contribution < -0.4 is 10.6 Å². The van der Waals surface area contributed by atoms with Gasteiger partial charge in [-0.3, -0.25) is 9.59 Å². The zero-order chi connectivity index (χ0) is 19.8. The minimum absolute atomic E-state index is 0.0745. The molecular formula is C19H21FN2O5. The highest BCUT2D eigenvalue weighted by Gasteiger charge is 2.27. The minimum atomic E-state index is -0.924. The van der Waals surface area contributed by atoms with Crippen LogP contribution >= 0.6 is 0 Å². The van der Waals surface area contributed by atoms with E-state index in [9.17, 15) is 18.8 Å². The number of carbonyl (C=O) groups is 3. The van der Waals surface area contributed by atoms with Crippen molar-refractivity contribution in [1.82, 2.24) is 10.6 Å². The van der Waals surface area contributed by atoms with Crippen LogP contribution in [0.2, 0.25) is 0 Å². The molecule has 2 amide bonds. The molecule has 7 nitrogen and oxygen atoms in total. The normalized spacial score (nSPS) is 11.7. The van der Waals surface area contributed by atoms with E-state index in [-0.39, 0.29) is 24.0 Å². The fourth-order valence-electron chi connectivity index (χ4n) is 2.20. The van der Waals surface area contributed by atoms with E-state index in [2.05, 4.69) is 10.6 Å². The van der Waals surface area contributed by atoms with E-state index in [1.807, 2.05) is 0 Å². The van der Waals surface area contributed by atoms with Gasteiger partial charge in [0, 0.05) is 6.54 Å². The summed E-state index contributed by atoms with van der Waals surface area (Å²) in [6.07, 6.45) is 1.35. The highest BCUT2D eigenvalue weighted by molar-refractivity contribution is 5.94. The van der Waals surface area contributed by atoms with Crippen LogP contribution in [0.5, 0.6) is 0 Å². The van der Waals surface area contributed by atoms with Crippen molar-refractivity contribution >= 4 is 17.8 Å². The van der Waals surface area contributed by atoms with E-state index in [0.29, 0.717) is 5.56 Å². The number of benzene rings is 1. The van der Waals surface area contributed by atoms with Crippen molar-refractivity contribution in [1.29, 1.82) is 0 Å². The summed E-state index contributed by atoms with van der Waals surface area (Å²) in [4.78, 5) is 36.1. The van der Waals surface area contributed by atoms with Gasteiger partial charge in [0.15, 0.2) is 12.4 Å². The summed E-state index contributed by atoms with van der Waals surface area (Å²) in [5.41, 5.74) is 0.710. The first-order valence-corrected chi connectivity index (χ1v) is 8.39. The number of hydrogen-bond donors (Lipinski definition) is 2. The zero-order valence-corrected chi connectivity index (χ0v) is 15.0. The van der Waals surface area contributed by atoms with Gasteiger partial charge in [0.25, 0.3) is 11.8 Å². The van der Waals surface area contributed by atoms with Crippen molar-refractivity contribution in [2.24, 2.45) is 5.92 Å². The van der Waals surface area contributed by atoms with E-state index < -0.39 is 30.4 Å². The lowest BCUT2D eigenvalue weighted by molar-refractivity contribution is -0.151. The van der Waals surface area contributed by atoms with E-state index in [0.717, 1.165) is 0 Å². The Hall–Kier alpha value is -3.16. The molecule has 0 spiro atoms. The van der Waals surface area contributed by atoms with Gasteiger partial charge in [0.2, 0.25) is 0 Å². The van der Waals surface area contributed by atoms with Crippen molar-refractivity contribution in [2.45, 2.75) is 26.4 Å². The molecule has 1 aromatic heterocycles. The third-order valence-corrected chi connectivity index (χ3v) is 3.70. The Balaban J connectivity index is 1.81. The van der Waals surface area contributed by atoms with Crippen molar-refractivity contribution in [2.75, 3.05) is 6.61 Å². The number of halogens is 1. The third kappa shape index (κ3) is 6.25. The first-order chi connectivity index (χ1) is 12.9. The largest absolute Gasteiger partial charge is 0.459 e. The van der Waals surface area contributed by atoms with Gasteiger partial charge in [-0.1, -0.05) is 26.0 Å². The summed E-state index contributed by atoms with van der Waals surface area (Å²) in [5.74, 6) is -2.31. The molecule has 8 heteroatoms. The molecule has 1 aromatic carbocycles. The number of furan rings is 1. The second kappa shape index (κ2) is 9.51. The molecule has 0 aliphatic rings. The van der Waals surface area contributed by atoms with Crippen LogP contribution in [0, 0.1) is 11.7 Å². The molecule has 2 aromatic rings. The molecule has 0 radical (unpaired) electrons. The van der Waals surface area contributed by atoms with Crippen LogP contribution in [0.4, 0.5) is 4.39 Å². The predicted octanol–water partition coefficient (Wildman–Crippen LogP) is 2.03. The topological polar surface area (TPSA) is 97.6 Å². The van der Waals surface area contributed by atoms with Gasteiger partial charge in [0.05, 0.1) is 6.26 Å². The van der Waals surface area contributed by atoms with Crippen LogP contribution in [0.3, 0.4) is 0 Å². The third-order valence-electron chi connectivity index (χ3n) is 3.70. The van der Waals surface area contributed by atoms with Gasteiger partial charge in [-0.05, 0) is 35.7 Å². The minimum Gasteiger partial charge on any atom is -0.459 e. The Labute approximate surface area is 155 Å². The van der Waals surface area contributed by atoms with E-state index in [1.165, 1.54) is 24.5 Å². The van der Waals surface area contributed by atoms with Crippen LogP contribution in [-0.2, 0) is 20.9 Å². The molecule has 27 heavy (non-hydrogen) atoms. The van der Waals surface area contributed by atoms with Crippen molar-refractivity contribution < 1.29 is 27.9 Å². The van der Waals surface area contributed by atoms with Gasteiger partial charge in [-0.15, -0.1) is 0 Å². The second-order valence-corrected chi connectivity index (χ2v) is 6.18. The maximum Gasteiger partial charge on any atom is 0.329 e. The van der Waals surface area contributed by atoms with Crippen molar-refractivity contribution in [3.63, 3.8) is 0 Å². The quantitative estimate of drug-likeness (QED) is 0.687. The number of nitrogens with one attached hydrogen (secondary N) is 2. The lowest BCUT2D eigenvalue weighted by atomic mass is 10.0. The molecular weight excluding hydrogens is 355 g/mol. The summed E-state index contributed by atoms with van der Waals surface area (Å²) in [6, 6.07) is 7.77. The smallest absolute Gasteiger partial charge is 0.329 e. The van der Waals surface area contributed by atoms with E-state index in [1.54, 1.807) is 32.0 Å². The molecule has 0 aliphatic heterocycles. The Morgan fingerprint density at radius 1 is 1.15 bits per heavy atom. The summed E-state index contributed by atoms with van der Waals surface area (Å²) >= 11 is 0. The summed E-state index contributed by atoms with van der Waals surface area (Å²) in [6.45, 7) is 3.17. The Bertz CT molecular complexity index is 772. The van der Waals surface area contributed by atoms with Gasteiger partial charge < -0.3 is 19.8 Å². The van der Waals surface area contributed by atoms with Gasteiger partial charge in [0.1, 0.15) is 11.9 Å². The van der Waals surface area contributed by atoms with Crippen LogP contribution in [0.25, 0.3) is 0 Å². The first kappa shape index (κ1) is 20.2. The molecule has 0 saturated heterocycles. The van der Waals surface area contributed by atoms with Crippen molar-refractivity contribution in [3.05, 3.63) is 59.8 Å². The summed E-state index contributed by atoms with van der Waals surface area (Å²) < 4.78 is 22.8. The monoisotopic (exact) mass is 376 g/mol. The number of rotatable bonds is 8. The van der Waals surface area contributed by atoms with Gasteiger partial charge in [-0.25, -0.2) is 9.18 Å². The Kier molecular flexibility index (Phi) is 7.10. The zero-order valence-electron chi connectivity index (χ0n) is 15.0. The molecule has 2 N–H and O–H groups in total. The highest BCUT2D eigenvalue weighted by atomic mass is 19.1. The fourth-order valence-corrected chi connectivity index (χ4v) is 2.20. The average molecular weight is 376 g/mol. The number of hydrogen-bond acceptors (Lipinski definition) is 5. The van der Waals surface area contributed by atoms with Crippen molar-refractivity contribution in [3.8, 4) is 0 Å². The van der Waals surface area contributed by atoms with Gasteiger partial charge in [-0.2, -0.15) is 0 Å². The summed E-state index contributed by atoms with van der Waals surface area (Å²) in [5, 5.41) is 5.10. The average Bonchev–Trinajstić information content (AvgIpc) is 3.18. The molecule has 2 rings (SSSR count). The van der Waals surface area contributed by atoms with E-state index >= 15 is 0 Å². The van der Waals surface area contributed by atoms with E-state index in [4.69, 9.17) is 9.15 Å². The molecule has 1 heterocycles. The van der Waals surface area contributed by atoms with Crippen LogP contribution in [0.1, 0.15) is 30.0 Å². The maximum absolute atomic E-state index is 12.8. The number of amides is 2. The molecule has 0 fully saturated rings. The van der Waals surface area contributed by atoms with Gasteiger partial charge >= 0.3 is 5.97 Å². The standard InChI is InChI=1S/C19H21FN2O5/c1-12(2)17(22-18(24)15-4-3-9-26-15)19(25)27-11-16(23)21-10-13-5-7-14(20)8-6-13/h3-9,12,17H,10-11H2,1-2H3,(H,21,23)(H,22,24)/t17-/m0/s1. The molecule has 1 atom stereocenters. The van der Waals surface area contributed by atoms with Crippen LogP contribution in [-0.4, -0.2) is 30.4 Å². The molecule has 0 unspecified atom stereocenters. The highest BCUT2D eigenvalue weighted by Crippen LogP contribution is 2.07. The number of carbonyl (C=O) groups excluding carboxylic acids is 3. The maximum atomic E-state index is 12.8. The lowest BCUT2D eigenvalue weighted by Crippen LogP contribution is -2.46. The number of ether oxygens (including phenoxy) is 1. The molecule has 0 bridgehead atoms. The molecule has 0 aliphatic carbocycles. The molecule has 0 saturated carbocycles. The SMILES string of the molecule is CC(C)[C@H](NC(=O)c1ccco1)C(=O)OCC(=O)NCc1ccc(F)cc1. The second-order valence-electron chi connectivity index (χ2n) is 6.18. The Morgan fingerprint density at radius 2 is 1.85 bits per heavy atom. The summed E-state index contributed by atoms with van der Waals surface area (Å²) in [7, 11) is 0. The fraction of sp³-hybridized carbons (Fsp3) is 0.316. The molecule has 144 valence electrons. The van der Waals surface area contributed by atoms with Crippen LogP contribution in [0.15, 0.2) is 47.1 Å². The lowest BCUT2D eigenvalue weighted by Gasteiger charge is -2.20. The Morgan fingerprint density at radius 3 is 2.44 bits per heavy atom. The number of esters is 1. The predicted molar refractivity (Wildman–Crippen MR) is 94.0 cm³/mol.